The van der Waals surface area contributed by atoms with Crippen LogP contribution in [0.4, 0.5) is 0 Å². The lowest BCUT2D eigenvalue weighted by Crippen LogP contribution is -2.35. The Labute approximate surface area is 129 Å². The van der Waals surface area contributed by atoms with E-state index in [9.17, 15) is 8.42 Å². The topological polar surface area (TPSA) is 64.0 Å². The molecule has 0 aliphatic heterocycles. The third-order valence-electron chi connectivity index (χ3n) is 4.06. The van der Waals surface area contributed by atoms with E-state index in [4.69, 9.17) is 0 Å². The fourth-order valence-electron chi connectivity index (χ4n) is 2.82. The summed E-state index contributed by atoms with van der Waals surface area (Å²) >= 11 is 3.66. The Morgan fingerprint density at radius 2 is 2.00 bits per heavy atom. The predicted molar refractivity (Wildman–Crippen MR) is 82.5 cm³/mol. The number of nitrogens with one attached hydrogen (secondary N) is 1. The Bertz CT molecular complexity index is 583. The molecule has 1 aromatic rings. The molecule has 1 saturated carbocycles. The zero-order valence-electron chi connectivity index (χ0n) is 12.2. The summed E-state index contributed by atoms with van der Waals surface area (Å²) in [5.41, 5.74) is 1.23. The van der Waals surface area contributed by atoms with E-state index in [2.05, 4.69) is 25.8 Å². The monoisotopic (exact) mass is 363 g/mol. The first-order valence-corrected chi connectivity index (χ1v) is 9.36. The Balaban J connectivity index is 2.11. The lowest BCUT2D eigenvalue weighted by Gasteiger charge is -2.27. The van der Waals surface area contributed by atoms with Crippen LogP contribution in [0.3, 0.4) is 0 Å². The molecular formula is C13H22BrN3O2S. The molecule has 2 rings (SSSR count). The zero-order valence-corrected chi connectivity index (χ0v) is 14.6. The van der Waals surface area contributed by atoms with Crippen LogP contribution in [-0.4, -0.2) is 29.6 Å². The van der Waals surface area contributed by atoms with Crippen molar-refractivity contribution >= 4 is 26.0 Å². The second-order valence-corrected chi connectivity index (χ2v) is 8.42. The quantitative estimate of drug-likeness (QED) is 0.834. The van der Waals surface area contributed by atoms with Gasteiger partial charge in [0.2, 0.25) is 10.0 Å². The molecule has 0 amide bonds. The van der Waals surface area contributed by atoms with Crippen LogP contribution in [0.2, 0.25) is 0 Å². The standard InChI is InChI=1S/C13H22BrN3O2S/c1-9-13(10(2)17(3)16-9)20(18,19)15-8-11-6-4-5-7-12(11)14/h11-12,15H,4-8H2,1-3H3. The maximum absolute atomic E-state index is 12.5. The van der Waals surface area contributed by atoms with Gasteiger partial charge in [-0.1, -0.05) is 28.8 Å². The number of hydrogen-bond donors (Lipinski definition) is 1. The van der Waals surface area contributed by atoms with Crippen LogP contribution in [0.1, 0.15) is 37.1 Å². The van der Waals surface area contributed by atoms with Gasteiger partial charge in [0.1, 0.15) is 4.90 Å². The van der Waals surface area contributed by atoms with Gasteiger partial charge in [-0.25, -0.2) is 13.1 Å². The van der Waals surface area contributed by atoms with Gasteiger partial charge in [-0.2, -0.15) is 5.10 Å². The summed E-state index contributed by atoms with van der Waals surface area (Å²) in [6.45, 7) is 4.00. The first-order chi connectivity index (χ1) is 9.33. The van der Waals surface area contributed by atoms with Crippen LogP contribution < -0.4 is 4.72 Å². The molecule has 1 aromatic heterocycles. The summed E-state index contributed by atoms with van der Waals surface area (Å²) in [5.74, 6) is 0.371. The smallest absolute Gasteiger partial charge is 0.244 e. The molecule has 20 heavy (non-hydrogen) atoms. The second kappa shape index (κ2) is 6.15. The van der Waals surface area contributed by atoms with E-state index < -0.39 is 10.0 Å². The molecule has 114 valence electrons. The molecule has 0 saturated heterocycles. The summed E-state index contributed by atoms with van der Waals surface area (Å²) in [6, 6.07) is 0. The lowest BCUT2D eigenvalue weighted by atomic mass is 9.89. The number of sulfonamides is 1. The maximum Gasteiger partial charge on any atom is 0.244 e. The average Bonchev–Trinajstić information content (AvgIpc) is 2.62. The molecule has 2 unspecified atom stereocenters. The summed E-state index contributed by atoms with van der Waals surface area (Å²) in [7, 11) is -1.72. The molecule has 1 aliphatic rings. The van der Waals surface area contributed by atoms with Crippen LogP contribution in [-0.2, 0) is 17.1 Å². The summed E-state index contributed by atoms with van der Waals surface area (Å²) in [4.78, 5) is 0.733. The minimum absolute atomic E-state index is 0.321. The SMILES string of the molecule is Cc1nn(C)c(C)c1S(=O)(=O)NCC1CCCCC1Br. The van der Waals surface area contributed by atoms with Gasteiger partial charge in [-0.05, 0) is 32.6 Å². The van der Waals surface area contributed by atoms with Crippen molar-refractivity contribution in [2.24, 2.45) is 13.0 Å². The normalized spacial score (nSPS) is 24.0. The van der Waals surface area contributed by atoms with Crippen molar-refractivity contribution in [3.05, 3.63) is 11.4 Å². The number of rotatable bonds is 4. The lowest BCUT2D eigenvalue weighted by molar-refractivity contribution is 0.373. The first kappa shape index (κ1) is 16.0. The van der Waals surface area contributed by atoms with Gasteiger partial charge in [0.25, 0.3) is 0 Å². The Morgan fingerprint density at radius 3 is 2.55 bits per heavy atom. The van der Waals surface area contributed by atoms with Crippen molar-refractivity contribution in [1.29, 1.82) is 0 Å². The minimum atomic E-state index is -3.48. The summed E-state index contributed by atoms with van der Waals surface area (Å²) in [6.07, 6.45) is 4.60. The number of nitrogens with zero attached hydrogens (tertiary/aromatic N) is 2. The average molecular weight is 364 g/mol. The van der Waals surface area contributed by atoms with Gasteiger partial charge < -0.3 is 0 Å². The van der Waals surface area contributed by atoms with Crippen LogP contribution in [0.25, 0.3) is 0 Å². The first-order valence-electron chi connectivity index (χ1n) is 6.97. The van der Waals surface area contributed by atoms with Crippen molar-refractivity contribution in [2.75, 3.05) is 6.54 Å². The number of alkyl halides is 1. The van der Waals surface area contributed by atoms with Crippen molar-refractivity contribution < 1.29 is 8.42 Å². The molecule has 1 N–H and O–H groups in total. The van der Waals surface area contributed by atoms with Crippen molar-refractivity contribution in [3.8, 4) is 0 Å². The van der Waals surface area contributed by atoms with E-state index >= 15 is 0 Å². The molecule has 1 fully saturated rings. The summed E-state index contributed by atoms with van der Waals surface area (Å²) in [5, 5.41) is 4.17. The van der Waals surface area contributed by atoms with Gasteiger partial charge in [-0.15, -0.1) is 0 Å². The molecule has 0 radical (unpaired) electrons. The van der Waals surface area contributed by atoms with E-state index in [-0.39, 0.29) is 0 Å². The molecule has 0 spiro atoms. The highest BCUT2D eigenvalue weighted by atomic mass is 79.9. The number of hydrogen-bond acceptors (Lipinski definition) is 3. The van der Waals surface area contributed by atoms with Crippen LogP contribution in [0.5, 0.6) is 0 Å². The molecule has 1 heterocycles. The van der Waals surface area contributed by atoms with Gasteiger partial charge in [0.15, 0.2) is 0 Å². The number of halogens is 1. The molecule has 1 aliphatic carbocycles. The fraction of sp³-hybridized carbons (Fsp3) is 0.769. The van der Waals surface area contributed by atoms with Crippen LogP contribution in [0, 0.1) is 19.8 Å². The van der Waals surface area contributed by atoms with E-state index in [0.29, 0.717) is 33.6 Å². The fourth-order valence-corrected chi connectivity index (χ4v) is 5.13. The molecule has 5 nitrogen and oxygen atoms in total. The van der Waals surface area contributed by atoms with Gasteiger partial charge in [0, 0.05) is 18.4 Å². The van der Waals surface area contributed by atoms with E-state index in [0.717, 1.165) is 12.8 Å². The zero-order chi connectivity index (χ0) is 14.9. The Kier molecular flexibility index (Phi) is 4.92. The molecule has 7 heteroatoms. The van der Waals surface area contributed by atoms with Gasteiger partial charge >= 0.3 is 0 Å². The maximum atomic E-state index is 12.5. The van der Waals surface area contributed by atoms with E-state index in [1.54, 1.807) is 25.6 Å². The highest BCUT2D eigenvalue weighted by Crippen LogP contribution is 2.30. The molecule has 0 bridgehead atoms. The largest absolute Gasteiger partial charge is 0.271 e. The third-order valence-corrected chi connectivity index (χ3v) is 6.94. The second-order valence-electron chi connectivity index (χ2n) is 5.54. The minimum Gasteiger partial charge on any atom is -0.271 e. The van der Waals surface area contributed by atoms with Crippen molar-refractivity contribution in [3.63, 3.8) is 0 Å². The van der Waals surface area contributed by atoms with Gasteiger partial charge in [-0.3, -0.25) is 4.68 Å². The van der Waals surface area contributed by atoms with Crippen LogP contribution >= 0.6 is 15.9 Å². The molecular weight excluding hydrogens is 342 g/mol. The van der Waals surface area contributed by atoms with E-state index in [1.807, 2.05) is 0 Å². The Hall–Kier alpha value is -0.400. The molecule has 0 aromatic carbocycles. The number of aromatic nitrogens is 2. The Morgan fingerprint density at radius 1 is 1.35 bits per heavy atom. The van der Waals surface area contributed by atoms with Crippen molar-refractivity contribution in [1.82, 2.24) is 14.5 Å². The molecule has 2 atom stereocenters. The number of aryl methyl sites for hydroxylation is 2. The van der Waals surface area contributed by atoms with Crippen LogP contribution in [0.15, 0.2) is 4.90 Å². The highest BCUT2D eigenvalue weighted by Gasteiger charge is 2.27. The predicted octanol–water partition coefficient (Wildman–Crippen LogP) is 2.27. The van der Waals surface area contributed by atoms with Crippen molar-refractivity contribution in [2.45, 2.75) is 49.3 Å². The summed E-state index contributed by atoms with van der Waals surface area (Å²) < 4.78 is 29.3. The third kappa shape index (κ3) is 3.26. The van der Waals surface area contributed by atoms with Gasteiger partial charge in [0.05, 0.1) is 11.4 Å². The highest BCUT2D eigenvalue weighted by molar-refractivity contribution is 9.09. The van der Waals surface area contributed by atoms with E-state index in [1.165, 1.54) is 12.8 Å².